The average Bonchev–Trinajstić information content (AvgIpc) is 2.46. The molecule has 1 aromatic rings. The number of nitrogens with one attached hydrogen (secondary N) is 2. The molecule has 1 unspecified atom stereocenters. The summed E-state index contributed by atoms with van der Waals surface area (Å²) in [6.07, 6.45) is 1.95. The van der Waals surface area contributed by atoms with E-state index in [1.54, 1.807) is 7.05 Å². The third kappa shape index (κ3) is 4.56. The van der Waals surface area contributed by atoms with Gasteiger partial charge in [0.25, 0.3) is 0 Å². The van der Waals surface area contributed by atoms with Crippen LogP contribution in [0.2, 0.25) is 0 Å². The second-order valence-corrected chi connectivity index (χ2v) is 5.30. The fraction of sp³-hybridized carbons (Fsp3) is 0.615. The first-order valence-electron chi connectivity index (χ1n) is 6.61. The van der Waals surface area contributed by atoms with Gasteiger partial charge in [0.2, 0.25) is 5.91 Å². The van der Waals surface area contributed by atoms with Gasteiger partial charge in [-0.2, -0.15) is 0 Å². The van der Waals surface area contributed by atoms with Crippen molar-refractivity contribution in [3.63, 3.8) is 0 Å². The average molecular weight is 297 g/mol. The lowest BCUT2D eigenvalue weighted by Gasteiger charge is -2.22. The highest BCUT2D eigenvalue weighted by Gasteiger charge is 2.15. The molecule has 112 valence electrons. The first-order valence-corrected chi connectivity index (χ1v) is 7.84. The van der Waals surface area contributed by atoms with E-state index in [1.807, 2.05) is 38.1 Å². The summed E-state index contributed by atoms with van der Waals surface area (Å²) in [6.45, 7) is 5.34. The van der Waals surface area contributed by atoms with Crippen LogP contribution in [0.3, 0.4) is 0 Å². The van der Waals surface area contributed by atoms with E-state index < -0.39 is 0 Å². The van der Waals surface area contributed by atoms with Gasteiger partial charge in [0.15, 0.2) is 5.16 Å². The van der Waals surface area contributed by atoms with Gasteiger partial charge in [0.1, 0.15) is 11.6 Å². The maximum atomic E-state index is 11.6. The molecule has 0 bridgehead atoms. The molecule has 1 aromatic heterocycles. The molecule has 0 fully saturated rings. The predicted octanol–water partition coefficient (Wildman–Crippen LogP) is 1.45. The number of thioether (sulfide) groups is 1. The minimum atomic E-state index is -0.0970. The number of hydrogen-bond acceptors (Lipinski definition) is 6. The van der Waals surface area contributed by atoms with Crippen LogP contribution in [0.4, 0.5) is 11.6 Å². The number of nitrogens with zero attached hydrogens (tertiary/aromatic N) is 3. The molecule has 0 aliphatic rings. The van der Waals surface area contributed by atoms with Crippen LogP contribution in [0.25, 0.3) is 0 Å². The number of anilines is 2. The van der Waals surface area contributed by atoms with Crippen molar-refractivity contribution in [1.29, 1.82) is 0 Å². The van der Waals surface area contributed by atoms with E-state index in [2.05, 4.69) is 20.6 Å². The lowest BCUT2D eigenvalue weighted by Crippen LogP contribution is -2.34. The van der Waals surface area contributed by atoms with Crippen molar-refractivity contribution in [2.45, 2.75) is 19.0 Å². The Morgan fingerprint density at radius 2 is 2.20 bits per heavy atom. The Labute approximate surface area is 124 Å². The molecular formula is C13H23N5OS. The number of rotatable bonds is 7. The highest BCUT2D eigenvalue weighted by atomic mass is 32.2. The summed E-state index contributed by atoms with van der Waals surface area (Å²) < 4.78 is 0. The minimum absolute atomic E-state index is 0.0305. The third-order valence-electron chi connectivity index (χ3n) is 2.87. The topological polar surface area (TPSA) is 70.2 Å². The number of carbonyl (C=O) groups is 1. The van der Waals surface area contributed by atoms with Gasteiger partial charge in [-0.15, -0.1) is 0 Å². The molecule has 1 heterocycles. The molecule has 0 aliphatic carbocycles. The van der Waals surface area contributed by atoms with Gasteiger partial charge in [0, 0.05) is 33.3 Å². The Morgan fingerprint density at radius 3 is 2.75 bits per heavy atom. The number of carbonyl (C=O) groups excluding carboxylic acids is 1. The van der Waals surface area contributed by atoms with Crippen LogP contribution in [0, 0.1) is 5.92 Å². The van der Waals surface area contributed by atoms with Gasteiger partial charge in [0.05, 0.1) is 5.92 Å². The zero-order chi connectivity index (χ0) is 15.1. The largest absolute Gasteiger partial charge is 0.370 e. The van der Waals surface area contributed by atoms with Crippen molar-refractivity contribution in [2.75, 3.05) is 43.7 Å². The summed E-state index contributed by atoms with van der Waals surface area (Å²) in [5, 5.41) is 6.58. The zero-order valence-electron chi connectivity index (χ0n) is 12.7. The van der Waals surface area contributed by atoms with Crippen LogP contribution < -0.4 is 15.5 Å². The van der Waals surface area contributed by atoms with E-state index in [-0.39, 0.29) is 11.8 Å². The molecule has 0 saturated heterocycles. The summed E-state index contributed by atoms with van der Waals surface area (Å²) in [5.41, 5.74) is 0. The van der Waals surface area contributed by atoms with Crippen molar-refractivity contribution in [2.24, 2.45) is 5.92 Å². The van der Waals surface area contributed by atoms with Crippen molar-refractivity contribution >= 4 is 29.3 Å². The quantitative estimate of drug-likeness (QED) is 0.586. The lowest BCUT2D eigenvalue weighted by atomic mass is 10.1. The summed E-state index contributed by atoms with van der Waals surface area (Å²) >= 11 is 1.50. The smallest absolute Gasteiger partial charge is 0.224 e. The number of aromatic nitrogens is 2. The molecule has 1 amide bonds. The SMILES string of the molecule is CCNc1cc(N(C)CC(C)C(=O)NC)nc(SC)n1. The van der Waals surface area contributed by atoms with E-state index in [4.69, 9.17) is 0 Å². The summed E-state index contributed by atoms with van der Waals surface area (Å²) in [7, 11) is 3.58. The van der Waals surface area contributed by atoms with E-state index in [1.165, 1.54) is 11.8 Å². The lowest BCUT2D eigenvalue weighted by molar-refractivity contribution is -0.123. The second kappa shape index (κ2) is 7.94. The van der Waals surface area contributed by atoms with Crippen LogP contribution in [-0.4, -0.2) is 49.3 Å². The molecule has 0 radical (unpaired) electrons. The van der Waals surface area contributed by atoms with E-state index >= 15 is 0 Å². The molecule has 7 heteroatoms. The van der Waals surface area contributed by atoms with E-state index in [0.29, 0.717) is 6.54 Å². The van der Waals surface area contributed by atoms with Gasteiger partial charge in [-0.05, 0) is 13.2 Å². The van der Waals surface area contributed by atoms with Crippen LogP contribution in [0.1, 0.15) is 13.8 Å². The molecule has 0 aromatic carbocycles. The van der Waals surface area contributed by atoms with E-state index in [0.717, 1.165) is 23.3 Å². The second-order valence-electron chi connectivity index (χ2n) is 4.52. The van der Waals surface area contributed by atoms with Gasteiger partial charge < -0.3 is 15.5 Å². The van der Waals surface area contributed by atoms with Gasteiger partial charge in [-0.1, -0.05) is 18.7 Å². The van der Waals surface area contributed by atoms with Crippen molar-refractivity contribution < 1.29 is 4.79 Å². The van der Waals surface area contributed by atoms with Crippen LogP contribution in [0.5, 0.6) is 0 Å². The van der Waals surface area contributed by atoms with Crippen molar-refractivity contribution in [3.05, 3.63) is 6.07 Å². The highest BCUT2D eigenvalue weighted by molar-refractivity contribution is 7.98. The Balaban J connectivity index is 2.88. The summed E-state index contributed by atoms with van der Waals surface area (Å²) in [6, 6.07) is 1.90. The molecule has 6 nitrogen and oxygen atoms in total. The highest BCUT2D eigenvalue weighted by Crippen LogP contribution is 2.20. The molecule has 20 heavy (non-hydrogen) atoms. The maximum Gasteiger partial charge on any atom is 0.224 e. The normalized spacial score (nSPS) is 11.8. The van der Waals surface area contributed by atoms with Gasteiger partial charge >= 0.3 is 0 Å². The van der Waals surface area contributed by atoms with Crippen LogP contribution in [-0.2, 0) is 4.79 Å². The van der Waals surface area contributed by atoms with Crippen molar-refractivity contribution in [3.8, 4) is 0 Å². The maximum absolute atomic E-state index is 11.6. The first kappa shape index (κ1) is 16.6. The Bertz CT molecular complexity index is 454. The first-order chi connectivity index (χ1) is 9.51. The summed E-state index contributed by atoms with van der Waals surface area (Å²) in [5.74, 6) is 1.56. The Morgan fingerprint density at radius 1 is 1.50 bits per heavy atom. The fourth-order valence-electron chi connectivity index (χ4n) is 1.81. The van der Waals surface area contributed by atoms with Gasteiger partial charge in [-0.25, -0.2) is 9.97 Å². The van der Waals surface area contributed by atoms with Gasteiger partial charge in [-0.3, -0.25) is 4.79 Å². The molecule has 0 spiro atoms. The standard InChI is InChI=1S/C13H23N5OS/c1-6-15-10-7-11(17-13(16-10)20-5)18(4)8-9(2)12(19)14-3/h7,9H,6,8H2,1-5H3,(H,14,19)(H,15,16,17). The Hall–Kier alpha value is -1.50. The Kier molecular flexibility index (Phi) is 6.57. The molecule has 1 rings (SSSR count). The number of amides is 1. The monoisotopic (exact) mass is 297 g/mol. The summed E-state index contributed by atoms with van der Waals surface area (Å²) in [4.78, 5) is 22.4. The molecule has 0 saturated carbocycles. The molecule has 0 aliphatic heterocycles. The number of hydrogen-bond donors (Lipinski definition) is 2. The molecular weight excluding hydrogens is 274 g/mol. The molecule has 1 atom stereocenters. The predicted molar refractivity (Wildman–Crippen MR) is 84.5 cm³/mol. The third-order valence-corrected chi connectivity index (χ3v) is 3.41. The van der Waals surface area contributed by atoms with Crippen LogP contribution >= 0.6 is 11.8 Å². The van der Waals surface area contributed by atoms with Crippen LogP contribution in [0.15, 0.2) is 11.2 Å². The minimum Gasteiger partial charge on any atom is -0.370 e. The van der Waals surface area contributed by atoms with Crippen molar-refractivity contribution in [1.82, 2.24) is 15.3 Å². The van der Waals surface area contributed by atoms with E-state index in [9.17, 15) is 4.79 Å². The molecule has 2 N–H and O–H groups in total. The fourth-order valence-corrected chi connectivity index (χ4v) is 2.18. The zero-order valence-corrected chi connectivity index (χ0v) is 13.5.